The monoisotopic (exact) mass is 495 g/mol. The first kappa shape index (κ1) is 23.1. The van der Waals surface area contributed by atoms with Crippen molar-refractivity contribution < 1.29 is 18.8 Å². The van der Waals surface area contributed by atoms with Crippen molar-refractivity contribution in [2.75, 3.05) is 18.0 Å². The number of primary amides is 1. The first-order chi connectivity index (χ1) is 17.3. The van der Waals surface area contributed by atoms with E-state index in [1.54, 1.807) is 4.68 Å². The number of hydrogen-bond acceptors (Lipinski definition) is 7. The molecule has 36 heavy (non-hydrogen) atoms. The third-order valence-corrected chi connectivity index (χ3v) is 8.88. The molecule has 1 aliphatic heterocycles. The predicted molar refractivity (Wildman–Crippen MR) is 129 cm³/mol. The number of oxazole rings is 1. The second kappa shape index (κ2) is 8.63. The van der Waals surface area contributed by atoms with Gasteiger partial charge in [0.1, 0.15) is 12.1 Å². The zero-order valence-corrected chi connectivity index (χ0v) is 20.5. The van der Waals surface area contributed by atoms with E-state index in [4.69, 9.17) is 10.2 Å². The van der Waals surface area contributed by atoms with Crippen LogP contribution in [0.5, 0.6) is 0 Å². The molecule has 4 N–H and O–H groups in total. The highest BCUT2D eigenvalue weighted by Crippen LogP contribution is 2.59. The summed E-state index contributed by atoms with van der Waals surface area (Å²) >= 11 is 0. The van der Waals surface area contributed by atoms with Crippen molar-refractivity contribution in [3.63, 3.8) is 0 Å². The van der Waals surface area contributed by atoms with Gasteiger partial charge in [0.2, 0.25) is 11.8 Å². The van der Waals surface area contributed by atoms with Gasteiger partial charge in [-0.3, -0.25) is 19.1 Å². The maximum Gasteiger partial charge on any atom is 0.272 e. The second-order valence-corrected chi connectivity index (χ2v) is 11.3. The summed E-state index contributed by atoms with van der Waals surface area (Å²) in [6, 6.07) is 1.92. The lowest BCUT2D eigenvalue weighted by atomic mass is 9.47. The van der Waals surface area contributed by atoms with E-state index in [1.165, 1.54) is 12.7 Å². The molecule has 11 heteroatoms. The number of nitrogens with zero attached hydrogens (tertiary/aromatic N) is 4. The summed E-state index contributed by atoms with van der Waals surface area (Å²) in [5, 5.41) is 10.8. The third-order valence-electron chi connectivity index (χ3n) is 8.88. The number of aryl methyl sites for hydroxylation is 1. The van der Waals surface area contributed by atoms with Crippen LogP contribution in [0.4, 0.5) is 5.82 Å². The Morgan fingerprint density at radius 3 is 2.67 bits per heavy atom. The summed E-state index contributed by atoms with van der Waals surface area (Å²) in [7, 11) is 1.84. The summed E-state index contributed by atoms with van der Waals surface area (Å²) in [4.78, 5) is 43.9. The number of nitrogens with two attached hydrogens (primary N) is 1. The fourth-order valence-corrected chi connectivity index (χ4v) is 7.51. The van der Waals surface area contributed by atoms with Crippen LogP contribution in [0.2, 0.25) is 0 Å². The van der Waals surface area contributed by atoms with Crippen molar-refractivity contribution in [1.82, 2.24) is 25.4 Å². The highest BCUT2D eigenvalue weighted by molar-refractivity contribution is 5.93. The van der Waals surface area contributed by atoms with E-state index in [0.717, 1.165) is 50.9 Å². The first-order valence-corrected chi connectivity index (χ1v) is 12.9. The molecule has 3 heterocycles. The first-order valence-electron chi connectivity index (χ1n) is 12.9. The van der Waals surface area contributed by atoms with E-state index in [2.05, 4.69) is 25.6 Å². The molecule has 3 atom stereocenters. The Balaban J connectivity index is 1.07. The molecule has 4 saturated carbocycles. The molecule has 2 unspecified atom stereocenters. The number of hydrogen-bond donors (Lipinski definition) is 3. The summed E-state index contributed by atoms with van der Waals surface area (Å²) in [5.41, 5.74) is 6.43. The number of carbonyl (C=O) groups excluding carboxylic acids is 3. The van der Waals surface area contributed by atoms with Crippen LogP contribution in [0.1, 0.15) is 54.7 Å². The summed E-state index contributed by atoms with van der Waals surface area (Å²) in [6.45, 7) is 1.41. The van der Waals surface area contributed by atoms with Crippen molar-refractivity contribution in [3.05, 3.63) is 30.1 Å². The van der Waals surface area contributed by atoms with Gasteiger partial charge in [-0.2, -0.15) is 5.10 Å². The van der Waals surface area contributed by atoms with E-state index >= 15 is 0 Å². The van der Waals surface area contributed by atoms with Crippen LogP contribution in [0.25, 0.3) is 0 Å². The van der Waals surface area contributed by atoms with E-state index in [1.807, 2.05) is 13.1 Å². The van der Waals surface area contributed by atoms with E-state index in [0.29, 0.717) is 35.7 Å². The number of anilines is 1. The van der Waals surface area contributed by atoms with Crippen LogP contribution >= 0.6 is 0 Å². The minimum Gasteiger partial charge on any atom is -0.451 e. The van der Waals surface area contributed by atoms with Gasteiger partial charge in [-0.15, -0.1) is 0 Å². The Labute approximate surface area is 209 Å². The topological polar surface area (TPSA) is 148 Å². The van der Waals surface area contributed by atoms with Gasteiger partial charge in [0.25, 0.3) is 5.91 Å². The number of carbonyl (C=O) groups is 3. The lowest BCUT2D eigenvalue weighted by molar-refractivity contribution is -0.145. The lowest BCUT2D eigenvalue weighted by Gasteiger charge is -2.58. The third kappa shape index (κ3) is 4.04. The Morgan fingerprint density at radius 2 is 1.97 bits per heavy atom. The normalized spacial score (nSPS) is 32.6. The molecule has 0 radical (unpaired) electrons. The van der Waals surface area contributed by atoms with Crippen molar-refractivity contribution in [2.45, 2.75) is 57.0 Å². The number of rotatable bonds is 7. The van der Waals surface area contributed by atoms with Gasteiger partial charge >= 0.3 is 0 Å². The van der Waals surface area contributed by atoms with Crippen LogP contribution in [-0.2, 0) is 23.1 Å². The van der Waals surface area contributed by atoms with Crippen LogP contribution in [0, 0.1) is 23.2 Å². The number of amides is 3. The molecular formula is C25H33N7O4. The molecule has 7 rings (SSSR count). The molecule has 192 valence electrons. The van der Waals surface area contributed by atoms with E-state index in [-0.39, 0.29) is 41.6 Å². The summed E-state index contributed by atoms with van der Waals surface area (Å²) in [5.74, 6) is 1.58. The number of aromatic nitrogens is 3. The van der Waals surface area contributed by atoms with Crippen molar-refractivity contribution in [2.24, 2.45) is 36.0 Å². The standard InChI is InChI=1S/C25H33N7O4/c1-31-21(32-3-2-17(11-32)28-20(33)6-18-12-36-13-27-18)7-19(30-31)23(34)29-22-15-4-14-5-16(22)10-25(8-14,9-15)24(26)35/h7,12-17,22H,2-6,8-11H2,1H3,(H2,26,35)(H,28,33)(H,29,34)/t14?,15?,16?,17-,22?,25?/m0/s1. The zero-order valence-electron chi connectivity index (χ0n) is 20.5. The van der Waals surface area contributed by atoms with Gasteiger partial charge in [-0.05, 0) is 56.3 Å². The van der Waals surface area contributed by atoms with Crippen molar-refractivity contribution in [1.29, 1.82) is 0 Å². The zero-order chi connectivity index (χ0) is 25.0. The average molecular weight is 496 g/mol. The second-order valence-electron chi connectivity index (χ2n) is 11.3. The van der Waals surface area contributed by atoms with E-state index < -0.39 is 0 Å². The Kier molecular flexibility index (Phi) is 5.53. The van der Waals surface area contributed by atoms with Gasteiger partial charge in [0.15, 0.2) is 12.1 Å². The van der Waals surface area contributed by atoms with Crippen LogP contribution in [0.3, 0.4) is 0 Å². The molecule has 5 fully saturated rings. The fraction of sp³-hybridized carbons (Fsp3) is 0.640. The maximum atomic E-state index is 13.2. The van der Waals surface area contributed by atoms with Crippen molar-refractivity contribution >= 4 is 23.5 Å². The number of nitrogens with one attached hydrogen (secondary N) is 2. The van der Waals surface area contributed by atoms with Crippen molar-refractivity contribution in [3.8, 4) is 0 Å². The Bertz CT molecular complexity index is 1160. The Hall–Kier alpha value is -3.37. The average Bonchev–Trinajstić information content (AvgIpc) is 3.57. The maximum absolute atomic E-state index is 13.2. The minimum absolute atomic E-state index is 0.0159. The summed E-state index contributed by atoms with van der Waals surface area (Å²) < 4.78 is 6.65. The SMILES string of the molecule is Cn1nc(C(=O)NC2C3CC4CC2CC(C(N)=O)(C4)C3)cc1N1CC[C@H](NC(=O)Cc2cocn2)C1. The van der Waals surface area contributed by atoms with E-state index in [9.17, 15) is 14.4 Å². The Morgan fingerprint density at radius 1 is 1.19 bits per heavy atom. The largest absolute Gasteiger partial charge is 0.451 e. The molecular weight excluding hydrogens is 462 g/mol. The molecule has 4 aliphatic carbocycles. The molecule has 5 aliphatic rings. The molecule has 0 spiro atoms. The molecule has 1 saturated heterocycles. The molecule has 3 amide bonds. The predicted octanol–water partition coefficient (Wildman–Crippen LogP) is 0.756. The highest BCUT2D eigenvalue weighted by atomic mass is 16.3. The minimum atomic E-state index is -0.368. The lowest BCUT2D eigenvalue weighted by Crippen LogP contribution is -2.62. The van der Waals surface area contributed by atoms with Crippen LogP contribution in [0.15, 0.2) is 23.1 Å². The van der Waals surface area contributed by atoms with Gasteiger partial charge < -0.3 is 25.7 Å². The van der Waals surface area contributed by atoms with Gasteiger partial charge in [0, 0.05) is 43.7 Å². The van der Waals surface area contributed by atoms with Gasteiger partial charge in [-0.1, -0.05) is 0 Å². The van der Waals surface area contributed by atoms with Crippen LogP contribution in [-0.4, -0.2) is 57.7 Å². The molecule has 4 bridgehead atoms. The van der Waals surface area contributed by atoms with Gasteiger partial charge in [-0.25, -0.2) is 4.98 Å². The quantitative estimate of drug-likeness (QED) is 0.513. The van der Waals surface area contributed by atoms with Gasteiger partial charge in [0.05, 0.1) is 12.1 Å². The summed E-state index contributed by atoms with van der Waals surface area (Å²) in [6.07, 6.45) is 8.38. The molecule has 0 aromatic carbocycles. The molecule has 11 nitrogen and oxygen atoms in total. The molecule has 2 aromatic rings. The highest BCUT2D eigenvalue weighted by Gasteiger charge is 2.58. The fourth-order valence-electron chi connectivity index (χ4n) is 7.51. The molecule has 2 aromatic heterocycles. The van der Waals surface area contributed by atoms with Crippen LogP contribution < -0.4 is 21.3 Å². The smallest absolute Gasteiger partial charge is 0.272 e.